The summed E-state index contributed by atoms with van der Waals surface area (Å²) in [6, 6.07) is 7.61. The molecular weight excluding hydrogens is 339 g/mol. The number of nitro groups is 1. The van der Waals surface area contributed by atoms with Crippen molar-refractivity contribution in [3.63, 3.8) is 0 Å². The van der Waals surface area contributed by atoms with Gasteiger partial charge in [-0.05, 0) is 29.8 Å². The average molecular weight is 350 g/mol. The van der Waals surface area contributed by atoms with Crippen LogP contribution in [-0.4, -0.2) is 19.7 Å². The molecule has 0 atom stereocenters. The summed E-state index contributed by atoms with van der Waals surface area (Å²) >= 11 is 2.55. The third-order valence-corrected chi connectivity index (χ3v) is 5.15. The SMILES string of the molecule is Cn1c(SCc2csc([N+](=O)[O-])c2)nnc1-c1ccc(F)cc1. The molecule has 118 valence electrons. The molecule has 9 heteroatoms. The van der Waals surface area contributed by atoms with E-state index in [4.69, 9.17) is 0 Å². The van der Waals surface area contributed by atoms with E-state index in [1.165, 1.54) is 23.9 Å². The molecule has 0 aliphatic carbocycles. The first-order valence-corrected chi connectivity index (χ1v) is 8.41. The molecule has 3 rings (SSSR count). The van der Waals surface area contributed by atoms with E-state index >= 15 is 0 Å². The first-order valence-electron chi connectivity index (χ1n) is 6.54. The lowest BCUT2D eigenvalue weighted by Gasteiger charge is -2.03. The van der Waals surface area contributed by atoms with Crippen LogP contribution in [-0.2, 0) is 12.8 Å². The summed E-state index contributed by atoms with van der Waals surface area (Å²) in [6.45, 7) is 0. The van der Waals surface area contributed by atoms with Crippen molar-refractivity contribution in [1.82, 2.24) is 14.8 Å². The predicted molar refractivity (Wildman–Crippen MR) is 86.9 cm³/mol. The van der Waals surface area contributed by atoms with E-state index in [9.17, 15) is 14.5 Å². The van der Waals surface area contributed by atoms with E-state index in [-0.39, 0.29) is 10.8 Å². The van der Waals surface area contributed by atoms with Crippen LogP contribution in [0.15, 0.2) is 40.9 Å². The standard InChI is InChI=1S/C14H11FN4O2S2/c1-18-13(10-2-4-11(15)5-3-10)16-17-14(18)23-8-9-6-12(19(20)21)22-7-9/h2-7H,8H2,1H3. The lowest BCUT2D eigenvalue weighted by Crippen LogP contribution is -1.95. The van der Waals surface area contributed by atoms with Gasteiger partial charge in [0, 0.05) is 29.8 Å². The van der Waals surface area contributed by atoms with Gasteiger partial charge in [0.1, 0.15) is 5.82 Å². The first kappa shape index (κ1) is 15.6. The number of benzene rings is 1. The van der Waals surface area contributed by atoms with Crippen LogP contribution in [0.25, 0.3) is 11.4 Å². The van der Waals surface area contributed by atoms with E-state index in [0.29, 0.717) is 16.7 Å². The molecule has 0 aliphatic rings. The van der Waals surface area contributed by atoms with Gasteiger partial charge < -0.3 is 4.57 Å². The van der Waals surface area contributed by atoms with Gasteiger partial charge in [-0.25, -0.2) is 4.39 Å². The minimum atomic E-state index is -0.395. The quantitative estimate of drug-likeness (QED) is 0.396. The summed E-state index contributed by atoms with van der Waals surface area (Å²) in [5.74, 6) is 0.910. The van der Waals surface area contributed by atoms with E-state index in [0.717, 1.165) is 22.5 Å². The molecule has 0 unspecified atom stereocenters. The van der Waals surface area contributed by atoms with Crippen molar-refractivity contribution in [2.75, 3.05) is 0 Å². The monoisotopic (exact) mass is 350 g/mol. The molecule has 0 spiro atoms. The molecule has 0 amide bonds. The second-order valence-electron chi connectivity index (χ2n) is 4.71. The zero-order chi connectivity index (χ0) is 16.4. The van der Waals surface area contributed by atoms with Crippen molar-refractivity contribution in [3.8, 4) is 11.4 Å². The lowest BCUT2D eigenvalue weighted by molar-refractivity contribution is -0.380. The van der Waals surface area contributed by atoms with Crippen LogP contribution in [0.1, 0.15) is 5.56 Å². The summed E-state index contributed by atoms with van der Waals surface area (Å²) < 4.78 is 14.8. The number of aromatic nitrogens is 3. The van der Waals surface area contributed by atoms with E-state index in [2.05, 4.69) is 10.2 Å². The fraction of sp³-hybridized carbons (Fsp3) is 0.143. The maximum atomic E-state index is 13.0. The highest BCUT2D eigenvalue weighted by Gasteiger charge is 2.13. The Morgan fingerprint density at radius 1 is 1.35 bits per heavy atom. The number of rotatable bonds is 5. The Balaban J connectivity index is 1.74. The van der Waals surface area contributed by atoms with Crippen molar-refractivity contribution >= 4 is 28.1 Å². The molecule has 6 nitrogen and oxygen atoms in total. The van der Waals surface area contributed by atoms with Gasteiger partial charge in [-0.2, -0.15) is 0 Å². The summed E-state index contributed by atoms with van der Waals surface area (Å²) in [4.78, 5) is 10.3. The molecule has 2 aromatic heterocycles. The molecule has 0 bridgehead atoms. The average Bonchev–Trinajstić information content (AvgIpc) is 3.13. The van der Waals surface area contributed by atoms with Gasteiger partial charge in [-0.3, -0.25) is 10.1 Å². The Morgan fingerprint density at radius 3 is 2.74 bits per heavy atom. The minimum Gasteiger partial charge on any atom is -0.305 e. The summed E-state index contributed by atoms with van der Waals surface area (Å²) in [6.07, 6.45) is 0. The second-order valence-corrected chi connectivity index (χ2v) is 6.54. The Morgan fingerprint density at radius 2 is 2.09 bits per heavy atom. The number of hydrogen-bond donors (Lipinski definition) is 0. The van der Waals surface area contributed by atoms with Gasteiger partial charge in [-0.15, -0.1) is 10.2 Å². The van der Waals surface area contributed by atoms with Crippen LogP contribution >= 0.6 is 23.1 Å². The number of halogens is 1. The van der Waals surface area contributed by atoms with Crippen LogP contribution in [0.5, 0.6) is 0 Å². The molecule has 0 fully saturated rings. The molecule has 3 aromatic rings. The highest BCUT2D eigenvalue weighted by molar-refractivity contribution is 7.98. The van der Waals surface area contributed by atoms with Crippen molar-refractivity contribution in [2.24, 2.45) is 7.05 Å². The van der Waals surface area contributed by atoms with Crippen molar-refractivity contribution in [2.45, 2.75) is 10.9 Å². The Bertz CT molecular complexity index is 845. The molecule has 0 aliphatic heterocycles. The third-order valence-electron chi connectivity index (χ3n) is 3.13. The molecule has 0 saturated carbocycles. The molecule has 0 N–H and O–H groups in total. The van der Waals surface area contributed by atoms with Crippen LogP contribution < -0.4 is 0 Å². The number of thioether (sulfide) groups is 1. The minimum absolute atomic E-state index is 0.130. The predicted octanol–water partition coefficient (Wildman–Crippen LogP) is 3.88. The largest absolute Gasteiger partial charge is 0.324 e. The zero-order valence-corrected chi connectivity index (χ0v) is 13.6. The van der Waals surface area contributed by atoms with Crippen LogP contribution in [0.3, 0.4) is 0 Å². The fourth-order valence-electron chi connectivity index (χ4n) is 1.97. The Labute approximate surface area is 139 Å². The molecule has 0 saturated heterocycles. The van der Waals surface area contributed by atoms with Crippen molar-refractivity contribution in [3.05, 3.63) is 57.2 Å². The van der Waals surface area contributed by atoms with Gasteiger partial charge >= 0.3 is 5.00 Å². The summed E-state index contributed by atoms with van der Waals surface area (Å²) in [5, 5.41) is 21.5. The molecular formula is C14H11FN4O2S2. The third kappa shape index (κ3) is 3.40. The number of hydrogen-bond acceptors (Lipinski definition) is 6. The first-order chi connectivity index (χ1) is 11.0. The summed E-state index contributed by atoms with van der Waals surface area (Å²) in [5.41, 5.74) is 1.65. The smallest absolute Gasteiger partial charge is 0.305 e. The van der Waals surface area contributed by atoms with E-state index in [1.54, 1.807) is 23.6 Å². The maximum absolute atomic E-state index is 13.0. The van der Waals surface area contributed by atoms with E-state index < -0.39 is 4.92 Å². The van der Waals surface area contributed by atoms with Gasteiger partial charge in [0.05, 0.1) is 4.92 Å². The Kier molecular flexibility index (Phi) is 4.39. The highest BCUT2D eigenvalue weighted by Crippen LogP contribution is 2.29. The summed E-state index contributed by atoms with van der Waals surface area (Å²) in [7, 11) is 1.83. The molecule has 2 heterocycles. The maximum Gasteiger partial charge on any atom is 0.324 e. The number of thiophene rings is 1. The molecule has 1 aromatic carbocycles. The van der Waals surface area contributed by atoms with E-state index in [1.807, 2.05) is 11.6 Å². The van der Waals surface area contributed by atoms with Gasteiger partial charge in [-0.1, -0.05) is 23.1 Å². The van der Waals surface area contributed by atoms with Gasteiger partial charge in [0.15, 0.2) is 11.0 Å². The normalized spacial score (nSPS) is 10.9. The zero-order valence-electron chi connectivity index (χ0n) is 12.0. The van der Waals surface area contributed by atoms with Crippen LogP contribution in [0.2, 0.25) is 0 Å². The van der Waals surface area contributed by atoms with Gasteiger partial charge in [0.2, 0.25) is 0 Å². The van der Waals surface area contributed by atoms with Crippen molar-refractivity contribution in [1.29, 1.82) is 0 Å². The Hall–Kier alpha value is -2.26. The lowest BCUT2D eigenvalue weighted by atomic mass is 10.2. The van der Waals surface area contributed by atoms with Gasteiger partial charge in [0.25, 0.3) is 0 Å². The topological polar surface area (TPSA) is 73.8 Å². The van der Waals surface area contributed by atoms with Crippen LogP contribution in [0, 0.1) is 15.9 Å². The fourth-order valence-corrected chi connectivity index (χ4v) is 3.65. The number of nitrogens with zero attached hydrogens (tertiary/aromatic N) is 4. The van der Waals surface area contributed by atoms with Crippen molar-refractivity contribution < 1.29 is 9.31 Å². The second kappa shape index (κ2) is 6.47. The van der Waals surface area contributed by atoms with Crippen LogP contribution in [0.4, 0.5) is 9.39 Å². The molecule has 0 radical (unpaired) electrons. The highest BCUT2D eigenvalue weighted by atomic mass is 32.2. The molecule has 23 heavy (non-hydrogen) atoms.